The summed E-state index contributed by atoms with van der Waals surface area (Å²) in [5.74, 6) is 0.734. The zero-order chi connectivity index (χ0) is 18.9. The van der Waals surface area contributed by atoms with E-state index in [1.807, 2.05) is 6.92 Å². The molecule has 3 fully saturated rings. The Labute approximate surface area is 183 Å². The minimum atomic E-state index is -0.771. The normalized spacial score (nSPS) is 35.3. The SMILES string of the molecule is CCOC1CC(N)(C(=O)N2CCCC(CN3CCCCC3C)C2)C1(C)C.Cl.Cl. The van der Waals surface area contributed by atoms with Crippen LogP contribution < -0.4 is 5.73 Å². The van der Waals surface area contributed by atoms with Crippen molar-refractivity contribution in [2.45, 2.75) is 83.9 Å². The number of amides is 1. The van der Waals surface area contributed by atoms with Crippen molar-refractivity contribution in [3.63, 3.8) is 0 Å². The number of ether oxygens (including phenoxy) is 1. The largest absolute Gasteiger partial charge is 0.378 e. The molecule has 1 amide bonds. The van der Waals surface area contributed by atoms with E-state index < -0.39 is 5.54 Å². The van der Waals surface area contributed by atoms with E-state index in [0.717, 1.165) is 26.1 Å². The molecule has 3 aliphatic rings. The third-order valence-electron chi connectivity index (χ3n) is 7.45. The lowest BCUT2D eigenvalue weighted by Gasteiger charge is -2.59. The van der Waals surface area contributed by atoms with E-state index in [1.54, 1.807) is 0 Å². The van der Waals surface area contributed by atoms with Crippen molar-refractivity contribution in [3.05, 3.63) is 0 Å². The fourth-order valence-corrected chi connectivity index (χ4v) is 5.24. The summed E-state index contributed by atoms with van der Waals surface area (Å²) >= 11 is 0. The Morgan fingerprint density at radius 2 is 1.86 bits per heavy atom. The maximum absolute atomic E-state index is 13.3. The molecule has 1 saturated carbocycles. The first-order valence-electron chi connectivity index (χ1n) is 10.7. The average molecular weight is 438 g/mol. The molecule has 1 aliphatic carbocycles. The third kappa shape index (κ3) is 4.80. The summed E-state index contributed by atoms with van der Waals surface area (Å²) in [5.41, 5.74) is 5.58. The van der Waals surface area contributed by atoms with Gasteiger partial charge in [0.15, 0.2) is 0 Å². The van der Waals surface area contributed by atoms with Gasteiger partial charge in [-0.25, -0.2) is 0 Å². The Hall–Kier alpha value is -0.0700. The number of hydrogen-bond donors (Lipinski definition) is 1. The number of halogens is 2. The van der Waals surface area contributed by atoms with Gasteiger partial charge in [-0.2, -0.15) is 0 Å². The molecule has 0 aromatic heterocycles. The fraction of sp³-hybridized carbons (Fsp3) is 0.952. The van der Waals surface area contributed by atoms with Crippen molar-refractivity contribution in [1.29, 1.82) is 0 Å². The van der Waals surface area contributed by atoms with Gasteiger partial charge in [0, 0.05) is 44.1 Å². The van der Waals surface area contributed by atoms with Crippen LogP contribution in [0.3, 0.4) is 0 Å². The smallest absolute Gasteiger partial charge is 0.243 e. The topological polar surface area (TPSA) is 58.8 Å². The molecule has 0 spiro atoms. The summed E-state index contributed by atoms with van der Waals surface area (Å²) in [7, 11) is 0. The maximum Gasteiger partial charge on any atom is 0.243 e. The summed E-state index contributed by atoms with van der Waals surface area (Å²) in [6.45, 7) is 13.3. The van der Waals surface area contributed by atoms with Crippen LogP contribution in [0.5, 0.6) is 0 Å². The number of rotatable bonds is 5. The van der Waals surface area contributed by atoms with Gasteiger partial charge >= 0.3 is 0 Å². The Kier molecular flexibility index (Phi) is 9.55. The number of carbonyl (C=O) groups is 1. The highest BCUT2D eigenvalue weighted by Crippen LogP contribution is 2.50. The van der Waals surface area contributed by atoms with Gasteiger partial charge in [0.25, 0.3) is 0 Å². The zero-order valence-electron chi connectivity index (χ0n) is 18.1. The predicted octanol–water partition coefficient (Wildman–Crippen LogP) is 3.48. The van der Waals surface area contributed by atoms with Crippen LogP contribution >= 0.6 is 24.8 Å². The summed E-state index contributed by atoms with van der Waals surface area (Å²) in [6.07, 6.45) is 7.07. The van der Waals surface area contributed by atoms with Crippen molar-refractivity contribution < 1.29 is 9.53 Å². The zero-order valence-corrected chi connectivity index (χ0v) is 19.7. The summed E-state index contributed by atoms with van der Waals surface area (Å²) in [6, 6.07) is 0.688. The second-order valence-electron chi connectivity index (χ2n) is 9.44. The monoisotopic (exact) mass is 437 g/mol. The van der Waals surface area contributed by atoms with Gasteiger partial charge in [-0.15, -0.1) is 24.8 Å². The van der Waals surface area contributed by atoms with E-state index >= 15 is 0 Å². The molecule has 0 aromatic carbocycles. The summed E-state index contributed by atoms with van der Waals surface area (Å²) in [5, 5.41) is 0. The van der Waals surface area contributed by atoms with Crippen LogP contribution in [-0.4, -0.2) is 66.2 Å². The molecule has 28 heavy (non-hydrogen) atoms. The lowest BCUT2D eigenvalue weighted by Crippen LogP contribution is -2.76. The van der Waals surface area contributed by atoms with E-state index in [2.05, 4.69) is 30.6 Å². The number of piperidine rings is 2. The van der Waals surface area contributed by atoms with Crippen LogP contribution in [0.4, 0.5) is 0 Å². The first-order valence-corrected chi connectivity index (χ1v) is 10.7. The van der Waals surface area contributed by atoms with Crippen LogP contribution in [0, 0.1) is 11.3 Å². The molecule has 5 nitrogen and oxygen atoms in total. The van der Waals surface area contributed by atoms with Crippen LogP contribution in [0.25, 0.3) is 0 Å². The van der Waals surface area contributed by atoms with E-state index in [0.29, 0.717) is 25.0 Å². The van der Waals surface area contributed by atoms with Gasteiger partial charge in [-0.05, 0) is 52.0 Å². The minimum absolute atomic E-state index is 0. The average Bonchev–Trinajstić information content (AvgIpc) is 2.63. The lowest BCUT2D eigenvalue weighted by atomic mass is 9.54. The highest BCUT2D eigenvalue weighted by Gasteiger charge is 2.63. The van der Waals surface area contributed by atoms with E-state index in [1.165, 1.54) is 32.2 Å². The van der Waals surface area contributed by atoms with Crippen molar-refractivity contribution in [3.8, 4) is 0 Å². The molecule has 2 heterocycles. The first kappa shape index (κ1) is 26.0. The summed E-state index contributed by atoms with van der Waals surface area (Å²) < 4.78 is 5.80. The van der Waals surface area contributed by atoms with Crippen LogP contribution in [-0.2, 0) is 9.53 Å². The number of hydrogen-bond acceptors (Lipinski definition) is 4. The molecular formula is C21H41Cl2N3O2. The predicted molar refractivity (Wildman–Crippen MR) is 119 cm³/mol. The minimum Gasteiger partial charge on any atom is -0.378 e. The molecule has 3 rings (SSSR count). The Balaban J connectivity index is 0.00000196. The Morgan fingerprint density at radius 3 is 2.46 bits per heavy atom. The Morgan fingerprint density at radius 1 is 1.14 bits per heavy atom. The Bertz CT molecular complexity index is 520. The molecule has 0 aromatic rings. The van der Waals surface area contributed by atoms with E-state index in [-0.39, 0.29) is 42.2 Å². The van der Waals surface area contributed by atoms with E-state index in [9.17, 15) is 4.79 Å². The molecule has 4 unspecified atom stereocenters. The molecule has 166 valence electrons. The second-order valence-corrected chi connectivity index (χ2v) is 9.44. The third-order valence-corrected chi connectivity index (χ3v) is 7.45. The standard InChI is InChI=1S/C21H39N3O2.2ClH/c1-5-26-18-13-21(22,20(18,3)4)19(25)24-12-8-10-17(15-24)14-23-11-7-6-9-16(23)2;;/h16-18H,5-15,22H2,1-4H3;2*1H. The number of likely N-dealkylation sites (tertiary alicyclic amines) is 2. The fourth-order valence-electron chi connectivity index (χ4n) is 5.24. The molecular weight excluding hydrogens is 397 g/mol. The van der Waals surface area contributed by atoms with Crippen molar-refractivity contribution in [1.82, 2.24) is 9.80 Å². The van der Waals surface area contributed by atoms with Gasteiger partial charge in [-0.3, -0.25) is 4.79 Å². The number of nitrogens with two attached hydrogens (primary N) is 1. The quantitative estimate of drug-likeness (QED) is 0.714. The first-order chi connectivity index (χ1) is 12.3. The lowest BCUT2D eigenvalue weighted by molar-refractivity contribution is -0.180. The van der Waals surface area contributed by atoms with Gasteiger partial charge in [0.05, 0.1) is 6.10 Å². The van der Waals surface area contributed by atoms with Gasteiger partial charge in [0.1, 0.15) is 5.54 Å². The van der Waals surface area contributed by atoms with Crippen LogP contribution in [0.2, 0.25) is 0 Å². The molecule has 4 atom stereocenters. The summed E-state index contributed by atoms with van der Waals surface area (Å²) in [4.78, 5) is 18.0. The van der Waals surface area contributed by atoms with Crippen molar-refractivity contribution in [2.75, 3.05) is 32.8 Å². The van der Waals surface area contributed by atoms with Crippen molar-refractivity contribution in [2.24, 2.45) is 17.1 Å². The van der Waals surface area contributed by atoms with E-state index in [4.69, 9.17) is 10.5 Å². The van der Waals surface area contributed by atoms with Gasteiger partial charge < -0.3 is 20.3 Å². The van der Waals surface area contributed by atoms with Gasteiger partial charge in [0.2, 0.25) is 5.91 Å². The number of carbonyl (C=O) groups excluding carboxylic acids is 1. The molecule has 7 heteroatoms. The van der Waals surface area contributed by atoms with Gasteiger partial charge in [-0.1, -0.05) is 20.3 Å². The molecule has 2 aliphatic heterocycles. The second kappa shape index (κ2) is 10.3. The maximum atomic E-state index is 13.3. The molecule has 0 bridgehead atoms. The molecule has 2 saturated heterocycles. The van der Waals surface area contributed by atoms with Crippen molar-refractivity contribution >= 4 is 30.7 Å². The molecule has 0 radical (unpaired) electrons. The van der Waals surface area contributed by atoms with Crippen LogP contribution in [0.1, 0.15) is 66.2 Å². The highest BCUT2D eigenvalue weighted by molar-refractivity contribution is 5.89. The highest BCUT2D eigenvalue weighted by atomic mass is 35.5. The van der Waals surface area contributed by atoms with Crippen LogP contribution in [0.15, 0.2) is 0 Å². The molecule has 2 N–H and O–H groups in total. The number of nitrogens with zero attached hydrogens (tertiary/aromatic N) is 2.